The number of anilines is 1. The number of nitrogens with two attached hydrogens (primary N) is 1. The number of nitrogens with one attached hydrogen (secondary N) is 2. The molecule has 8 heteroatoms. The molecule has 2 atom stereocenters. The van der Waals surface area contributed by atoms with Crippen molar-refractivity contribution in [1.29, 1.82) is 0 Å². The maximum Gasteiger partial charge on any atom is 0.329 e. The van der Waals surface area contributed by atoms with Gasteiger partial charge in [-0.1, -0.05) is 42.5 Å². The van der Waals surface area contributed by atoms with Gasteiger partial charge in [-0.2, -0.15) is 0 Å². The van der Waals surface area contributed by atoms with Crippen molar-refractivity contribution in [2.75, 3.05) is 12.4 Å². The minimum atomic E-state index is -1.09. The van der Waals surface area contributed by atoms with E-state index < -0.39 is 30.1 Å². The average molecular weight is 385 g/mol. The molecule has 2 aromatic carbocycles. The van der Waals surface area contributed by atoms with E-state index in [2.05, 4.69) is 10.6 Å². The first kappa shape index (κ1) is 20.8. The summed E-state index contributed by atoms with van der Waals surface area (Å²) in [7, 11) is 1.48. The van der Waals surface area contributed by atoms with Crippen LogP contribution in [-0.2, 0) is 20.7 Å². The molecular weight excluding hydrogens is 362 g/mol. The van der Waals surface area contributed by atoms with Gasteiger partial charge < -0.3 is 25.8 Å². The topological polar surface area (TPSA) is 120 Å². The smallest absolute Gasteiger partial charge is 0.329 e. The molecule has 28 heavy (non-hydrogen) atoms. The highest BCUT2D eigenvalue weighted by atomic mass is 16.5. The lowest BCUT2D eigenvalue weighted by atomic mass is 10.1. The number of rotatable bonds is 8. The Balaban J connectivity index is 2.02. The largest absolute Gasteiger partial charge is 0.495 e. The Labute approximate surface area is 163 Å². The first-order valence-electron chi connectivity index (χ1n) is 8.65. The van der Waals surface area contributed by atoms with Crippen LogP contribution in [0.5, 0.6) is 5.75 Å². The van der Waals surface area contributed by atoms with E-state index in [1.165, 1.54) is 14.0 Å². The maximum absolute atomic E-state index is 12.5. The summed E-state index contributed by atoms with van der Waals surface area (Å²) >= 11 is 0. The summed E-state index contributed by atoms with van der Waals surface area (Å²) in [5.41, 5.74) is 6.42. The summed E-state index contributed by atoms with van der Waals surface area (Å²) in [6.45, 7) is 1.44. The number of benzene rings is 2. The van der Waals surface area contributed by atoms with E-state index in [1.807, 2.05) is 18.2 Å². The monoisotopic (exact) mass is 385 g/mol. The van der Waals surface area contributed by atoms with Crippen LogP contribution < -0.4 is 21.1 Å². The number of primary amides is 1. The predicted molar refractivity (Wildman–Crippen MR) is 104 cm³/mol. The number of para-hydroxylation sites is 2. The zero-order valence-corrected chi connectivity index (χ0v) is 15.7. The number of methoxy groups -OCH3 is 1. The lowest BCUT2D eigenvalue weighted by Crippen LogP contribution is -2.47. The van der Waals surface area contributed by atoms with E-state index >= 15 is 0 Å². The van der Waals surface area contributed by atoms with Crippen molar-refractivity contribution in [2.24, 2.45) is 5.73 Å². The highest BCUT2D eigenvalue weighted by Gasteiger charge is 2.26. The van der Waals surface area contributed by atoms with E-state index in [4.69, 9.17) is 15.2 Å². The van der Waals surface area contributed by atoms with Crippen LogP contribution in [0.4, 0.5) is 10.5 Å². The van der Waals surface area contributed by atoms with Gasteiger partial charge >= 0.3 is 12.0 Å². The third-order valence-electron chi connectivity index (χ3n) is 3.91. The molecule has 0 unspecified atom stereocenters. The molecule has 0 fully saturated rings. The molecule has 0 aliphatic carbocycles. The summed E-state index contributed by atoms with van der Waals surface area (Å²) in [4.78, 5) is 36.1. The number of hydrogen-bond donors (Lipinski definition) is 3. The molecule has 0 aliphatic rings. The van der Waals surface area contributed by atoms with Gasteiger partial charge in [-0.3, -0.25) is 4.79 Å². The summed E-state index contributed by atoms with van der Waals surface area (Å²) < 4.78 is 10.4. The van der Waals surface area contributed by atoms with Crippen molar-refractivity contribution in [3.63, 3.8) is 0 Å². The van der Waals surface area contributed by atoms with Crippen molar-refractivity contribution in [3.05, 3.63) is 60.2 Å². The first-order valence-corrected chi connectivity index (χ1v) is 8.65. The van der Waals surface area contributed by atoms with Gasteiger partial charge in [-0.25, -0.2) is 9.59 Å². The van der Waals surface area contributed by atoms with Crippen LogP contribution in [0.1, 0.15) is 12.5 Å². The number of urea groups is 1. The van der Waals surface area contributed by atoms with Crippen LogP contribution in [0.25, 0.3) is 0 Å². The molecule has 4 N–H and O–H groups in total. The third-order valence-corrected chi connectivity index (χ3v) is 3.91. The summed E-state index contributed by atoms with van der Waals surface area (Å²) in [5.74, 6) is -0.813. The zero-order valence-electron chi connectivity index (χ0n) is 15.7. The second-order valence-electron chi connectivity index (χ2n) is 6.02. The van der Waals surface area contributed by atoms with Gasteiger partial charge in [0.2, 0.25) is 0 Å². The Morgan fingerprint density at radius 2 is 1.68 bits per heavy atom. The second-order valence-corrected chi connectivity index (χ2v) is 6.02. The minimum Gasteiger partial charge on any atom is -0.495 e. The molecule has 0 bridgehead atoms. The van der Waals surface area contributed by atoms with Gasteiger partial charge in [0.15, 0.2) is 6.10 Å². The quantitative estimate of drug-likeness (QED) is 0.599. The summed E-state index contributed by atoms with van der Waals surface area (Å²) in [6.07, 6.45) is -0.908. The average Bonchev–Trinajstić information content (AvgIpc) is 2.68. The van der Waals surface area contributed by atoms with Crippen LogP contribution in [0.15, 0.2) is 54.6 Å². The lowest BCUT2D eigenvalue weighted by Gasteiger charge is -2.20. The molecule has 3 amide bonds. The Morgan fingerprint density at radius 1 is 1.04 bits per heavy atom. The molecule has 2 rings (SSSR count). The van der Waals surface area contributed by atoms with Crippen molar-refractivity contribution in [3.8, 4) is 5.75 Å². The van der Waals surface area contributed by atoms with Crippen molar-refractivity contribution in [2.45, 2.75) is 25.5 Å². The zero-order chi connectivity index (χ0) is 20.5. The van der Waals surface area contributed by atoms with E-state index in [1.54, 1.807) is 36.4 Å². The summed E-state index contributed by atoms with van der Waals surface area (Å²) in [6, 6.07) is 14.1. The van der Waals surface area contributed by atoms with Gasteiger partial charge in [0.05, 0.1) is 12.8 Å². The molecule has 0 spiro atoms. The lowest BCUT2D eigenvalue weighted by molar-refractivity contribution is -0.155. The molecular formula is C20H23N3O5. The van der Waals surface area contributed by atoms with Gasteiger partial charge in [0.25, 0.3) is 5.91 Å². The molecule has 0 radical (unpaired) electrons. The summed E-state index contributed by atoms with van der Waals surface area (Å²) in [5, 5.41) is 5.00. The SMILES string of the molecule is COc1ccccc1NC(=O)[C@H](C)OC(=O)[C@H](Cc1ccccc1)NC(N)=O. The number of ether oxygens (including phenoxy) is 2. The Morgan fingerprint density at radius 3 is 2.32 bits per heavy atom. The van der Waals surface area contributed by atoms with Crippen LogP contribution in [-0.4, -0.2) is 37.2 Å². The Kier molecular flexibility index (Phi) is 7.38. The molecule has 0 aromatic heterocycles. The predicted octanol–water partition coefficient (Wildman–Crippen LogP) is 1.84. The third kappa shape index (κ3) is 6.01. The van der Waals surface area contributed by atoms with Crippen molar-refractivity contribution < 1.29 is 23.9 Å². The van der Waals surface area contributed by atoms with E-state index in [9.17, 15) is 14.4 Å². The molecule has 0 heterocycles. The van der Waals surface area contributed by atoms with Crippen LogP contribution in [0.2, 0.25) is 0 Å². The number of hydrogen-bond acceptors (Lipinski definition) is 5. The number of carbonyl (C=O) groups excluding carboxylic acids is 3. The van der Waals surface area contributed by atoms with E-state index in [-0.39, 0.29) is 6.42 Å². The van der Waals surface area contributed by atoms with Gasteiger partial charge in [-0.15, -0.1) is 0 Å². The molecule has 2 aromatic rings. The standard InChI is InChI=1S/C20H23N3O5/c1-13(18(24)22-15-10-6-7-11-17(15)27-2)28-19(25)16(23-20(21)26)12-14-8-4-3-5-9-14/h3-11,13,16H,12H2,1-2H3,(H,22,24)(H3,21,23,26)/t13-,16-/m0/s1. The Hall–Kier alpha value is -3.55. The molecule has 8 nitrogen and oxygen atoms in total. The van der Waals surface area contributed by atoms with Gasteiger partial charge in [0.1, 0.15) is 11.8 Å². The van der Waals surface area contributed by atoms with Crippen LogP contribution in [0, 0.1) is 0 Å². The fraction of sp³-hybridized carbons (Fsp3) is 0.250. The number of esters is 1. The molecule has 0 saturated heterocycles. The number of carbonyl (C=O) groups is 3. The minimum absolute atomic E-state index is 0.184. The van der Waals surface area contributed by atoms with Crippen molar-refractivity contribution in [1.82, 2.24) is 5.32 Å². The normalized spacial score (nSPS) is 12.4. The molecule has 148 valence electrons. The van der Waals surface area contributed by atoms with E-state index in [0.717, 1.165) is 5.56 Å². The van der Waals surface area contributed by atoms with Crippen LogP contribution in [0.3, 0.4) is 0 Å². The fourth-order valence-corrected chi connectivity index (χ4v) is 2.51. The highest BCUT2D eigenvalue weighted by molar-refractivity contribution is 5.96. The first-order chi connectivity index (χ1) is 13.4. The Bertz CT molecular complexity index is 826. The van der Waals surface area contributed by atoms with Crippen molar-refractivity contribution >= 4 is 23.6 Å². The molecule has 0 saturated carbocycles. The maximum atomic E-state index is 12.5. The van der Waals surface area contributed by atoms with Crippen LogP contribution >= 0.6 is 0 Å². The fourth-order valence-electron chi connectivity index (χ4n) is 2.51. The van der Waals surface area contributed by atoms with Gasteiger partial charge in [0, 0.05) is 6.42 Å². The number of amides is 3. The highest BCUT2D eigenvalue weighted by Crippen LogP contribution is 2.23. The van der Waals surface area contributed by atoms with E-state index in [0.29, 0.717) is 11.4 Å². The van der Waals surface area contributed by atoms with Gasteiger partial charge in [-0.05, 0) is 24.6 Å². The second kappa shape index (κ2) is 9.96. The molecule has 0 aliphatic heterocycles.